The zero-order valence-corrected chi connectivity index (χ0v) is 12.5. The van der Waals surface area contributed by atoms with Crippen molar-refractivity contribution in [3.05, 3.63) is 0 Å². The molecule has 0 aliphatic heterocycles. The Morgan fingerprint density at radius 1 is 0.688 bits per heavy atom. The van der Waals surface area contributed by atoms with Gasteiger partial charge in [0.25, 0.3) is 0 Å². The summed E-state index contributed by atoms with van der Waals surface area (Å²) in [6.07, 6.45) is 13.3. The van der Waals surface area contributed by atoms with Crippen molar-refractivity contribution in [1.82, 2.24) is 0 Å². The molecule has 0 atom stereocenters. The highest BCUT2D eigenvalue weighted by atomic mass is 31.1. The van der Waals surface area contributed by atoms with Crippen molar-refractivity contribution in [2.24, 2.45) is 0 Å². The van der Waals surface area contributed by atoms with Gasteiger partial charge in [0.2, 0.25) is 0 Å². The minimum Gasteiger partial charge on any atom is -0.359 e. The number of unbranched alkanes of at least 4 members (excludes halogenated alkanes) is 5. The lowest BCUT2D eigenvalue weighted by molar-refractivity contribution is 0.340. The molecule has 0 amide bonds. The number of hydrogen-bond acceptors (Lipinski definition) is 1. The summed E-state index contributed by atoms with van der Waals surface area (Å²) in [5, 5.41) is 0. The molecule has 0 spiro atoms. The summed E-state index contributed by atoms with van der Waals surface area (Å²) < 4.78 is 6.04. The molecule has 0 rings (SSSR count). The van der Waals surface area contributed by atoms with Gasteiger partial charge < -0.3 is 4.52 Å². The van der Waals surface area contributed by atoms with Crippen molar-refractivity contribution < 1.29 is 4.52 Å². The molecule has 0 heterocycles. The van der Waals surface area contributed by atoms with Gasteiger partial charge in [0, 0.05) is 8.15 Å². The van der Waals surface area contributed by atoms with Crippen LogP contribution < -0.4 is 0 Å². The SMILES string of the molecule is CCCCCP(CCCCC)OCCCC. The van der Waals surface area contributed by atoms with Gasteiger partial charge in [0.15, 0.2) is 0 Å². The van der Waals surface area contributed by atoms with Gasteiger partial charge in [-0.15, -0.1) is 0 Å². The van der Waals surface area contributed by atoms with E-state index in [-0.39, 0.29) is 8.15 Å². The molecule has 0 aromatic rings. The molecule has 16 heavy (non-hydrogen) atoms. The molecule has 1 nitrogen and oxygen atoms in total. The first-order valence-corrected chi connectivity index (χ1v) is 8.86. The van der Waals surface area contributed by atoms with Crippen molar-refractivity contribution in [2.75, 3.05) is 18.9 Å². The van der Waals surface area contributed by atoms with E-state index in [2.05, 4.69) is 20.8 Å². The first kappa shape index (κ1) is 16.4. The predicted octanol–water partition coefficient (Wildman–Crippen LogP) is 5.58. The zero-order chi connectivity index (χ0) is 12.1. The van der Waals surface area contributed by atoms with Crippen molar-refractivity contribution in [3.8, 4) is 0 Å². The van der Waals surface area contributed by atoms with Crippen LogP contribution >= 0.6 is 8.15 Å². The summed E-state index contributed by atoms with van der Waals surface area (Å²) in [5.74, 6) is 0. The molecular formula is C14H31OP. The molecule has 98 valence electrons. The van der Waals surface area contributed by atoms with Gasteiger partial charge in [-0.1, -0.05) is 52.9 Å². The Morgan fingerprint density at radius 2 is 1.19 bits per heavy atom. The third kappa shape index (κ3) is 10.9. The topological polar surface area (TPSA) is 9.23 Å². The Kier molecular flexibility index (Phi) is 13.8. The van der Waals surface area contributed by atoms with Crippen LogP contribution in [-0.4, -0.2) is 18.9 Å². The van der Waals surface area contributed by atoms with Crippen LogP contribution in [0.3, 0.4) is 0 Å². The van der Waals surface area contributed by atoms with Gasteiger partial charge in [-0.05, 0) is 31.6 Å². The highest BCUT2D eigenvalue weighted by molar-refractivity contribution is 7.52. The highest BCUT2D eigenvalue weighted by Gasteiger charge is 2.07. The van der Waals surface area contributed by atoms with Gasteiger partial charge in [0.1, 0.15) is 0 Å². The Morgan fingerprint density at radius 3 is 1.62 bits per heavy atom. The molecular weight excluding hydrogens is 215 g/mol. The molecule has 0 aromatic heterocycles. The van der Waals surface area contributed by atoms with E-state index in [9.17, 15) is 0 Å². The van der Waals surface area contributed by atoms with Crippen molar-refractivity contribution in [3.63, 3.8) is 0 Å². The summed E-state index contributed by atoms with van der Waals surface area (Å²) in [6, 6.07) is 0. The Hall–Kier alpha value is 0.390. The molecule has 0 fully saturated rings. The molecule has 2 heteroatoms. The van der Waals surface area contributed by atoms with E-state index in [0.717, 1.165) is 6.61 Å². The van der Waals surface area contributed by atoms with E-state index in [1.807, 2.05) is 0 Å². The Bertz CT molecular complexity index is 104. The number of rotatable bonds is 12. The summed E-state index contributed by atoms with van der Waals surface area (Å²) >= 11 is 0. The van der Waals surface area contributed by atoms with Crippen LogP contribution in [0.15, 0.2) is 0 Å². The second-order valence-electron chi connectivity index (χ2n) is 4.53. The molecule has 0 N–H and O–H groups in total. The van der Waals surface area contributed by atoms with Crippen LogP contribution in [0.4, 0.5) is 0 Å². The molecule has 0 radical (unpaired) electrons. The van der Waals surface area contributed by atoms with E-state index in [1.165, 1.54) is 63.7 Å². The maximum atomic E-state index is 6.04. The normalized spacial score (nSPS) is 11.2. The van der Waals surface area contributed by atoms with Gasteiger partial charge in [-0.3, -0.25) is 0 Å². The fourth-order valence-corrected chi connectivity index (χ4v) is 3.68. The third-order valence-electron chi connectivity index (χ3n) is 2.79. The van der Waals surface area contributed by atoms with Crippen LogP contribution in [0.1, 0.15) is 72.1 Å². The summed E-state index contributed by atoms with van der Waals surface area (Å²) in [7, 11) is -0.0955. The smallest absolute Gasteiger partial charge is 0.0508 e. The lowest BCUT2D eigenvalue weighted by Gasteiger charge is -2.17. The van der Waals surface area contributed by atoms with Gasteiger partial charge in [0.05, 0.1) is 6.61 Å². The van der Waals surface area contributed by atoms with Crippen LogP contribution in [0.25, 0.3) is 0 Å². The molecule has 0 aliphatic rings. The number of hydrogen-bond donors (Lipinski definition) is 0. The minimum atomic E-state index is -0.0955. The van der Waals surface area contributed by atoms with Gasteiger partial charge in [-0.2, -0.15) is 0 Å². The first-order valence-electron chi connectivity index (χ1n) is 7.23. The first-order chi connectivity index (χ1) is 7.85. The highest BCUT2D eigenvalue weighted by Crippen LogP contribution is 2.39. The maximum absolute atomic E-state index is 6.04. The van der Waals surface area contributed by atoms with E-state index >= 15 is 0 Å². The fraction of sp³-hybridized carbons (Fsp3) is 1.00. The van der Waals surface area contributed by atoms with Crippen LogP contribution in [0.2, 0.25) is 0 Å². The largest absolute Gasteiger partial charge is 0.359 e. The molecule has 0 unspecified atom stereocenters. The van der Waals surface area contributed by atoms with Crippen LogP contribution in [0.5, 0.6) is 0 Å². The average Bonchev–Trinajstić information content (AvgIpc) is 2.29. The van der Waals surface area contributed by atoms with Crippen molar-refractivity contribution >= 4 is 8.15 Å². The molecule has 0 aliphatic carbocycles. The van der Waals surface area contributed by atoms with Gasteiger partial charge in [-0.25, -0.2) is 0 Å². The lowest BCUT2D eigenvalue weighted by Crippen LogP contribution is -1.97. The second-order valence-corrected chi connectivity index (χ2v) is 6.65. The summed E-state index contributed by atoms with van der Waals surface area (Å²) in [4.78, 5) is 0. The average molecular weight is 246 g/mol. The minimum absolute atomic E-state index is 0.0955. The third-order valence-corrected chi connectivity index (χ3v) is 4.97. The molecule has 0 bridgehead atoms. The van der Waals surface area contributed by atoms with Crippen molar-refractivity contribution in [1.29, 1.82) is 0 Å². The van der Waals surface area contributed by atoms with E-state index < -0.39 is 0 Å². The van der Waals surface area contributed by atoms with E-state index in [4.69, 9.17) is 4.52 Å². The van der Waals surface area contributed by atoms with Gasteiger partial charge >= 0.3 is 0 Å². The summed E-state index contributed by atoms with van der Waals surface area (Å²) in [5.41, 5.74) is 0. The quantitative estimate of drug-likeness (QED) is 0.322. The standard InChI is InChI=1S/C14H31OP/c1-4-7-10-13-16(14-11-8-5-2)15-12-9-6-3/h4-14H2,1-3H3. The summed E-state index contributed by atoms with van der Waals surface area (Å²) in [6.45, 7) is 7.79. The van der Waals surface area contributed by atoms with Crippen LogP contribution in [-0.2, 0) is 4.52 Å². The zero-order valence-electron chi connectivity index (χ0n) is 11.6. The van der Waals surface area contributed by atoms with Crippen LogP contribution in [0, 0.1) is 0 Å². The maximum Gasteiger partial charge on any atom is 0.0508 e. The van der Waals surface area contributed by atoms with E-state index in [1.54, 1.807) is 0 Å². The molecule has 0 saturated carbocycles. The molecule has 0 saturated heterocycles. The van der Waals surface area contributed by atoms with E-state index in [0.29, 0.717) is 0 Å². The Labute approximate surface area is 104 Å². The predicted molar refractivity (Wildman–Crippen MR) is 76.6 cm³/mol. The monoisotopic (exact) mass is 246 g/mol. The lowest BCUT2D eigenvalue weighted by atomic mass is 10.3. The fourth-order valence-electron chi connectivity index (χ4n) is 1.66. The molecule has 0 aromatic carbocycles. The second kappa shape index (κ2) is 13.5. The Balaban J connectivity index is 3.58. The van der Waals surface area contributed by atoms with Crippen molar-refractivity contribution in [2.45, 2.75) is 72.1 Å².